The Balaban J connectivity index is 1.57. The molecule has 13 nitrogen and oxygen atoms in total. The van der Waals surface area contributed by atoms with Gasteiger partial charge in [-0.3, -0.25) is 9.13 Å². The summed E-state index contributed by atoms with van der Waals surface area (Å²) in [5.74, 6) is -0.131. The highest BCUT2D eigenvalue weighted by Gasteiger charge is 2.28. The van der Waals surface area contributed by atoms with E-state index < -0.39 is 11.0 Å². The van der Waals surface area contributed by atoms with Crippen molar-refractivity contribution >= 4 is 46.2 Å². The molecule has 0 bridgehead atoms. The number of nitrogens with zero attached hydrogens (tertiary/aromatic N) is 7. The predicted molar refractivity (Wildman–Crippen MR) is 142 cm³/mol. The van der Waals surface area contributed by atoms with Crippen LogP contribution in [0.1, 0.15) is 30.1 Å². The number of amides is 1. The zero-order chi connectivity index (χ0) is 27.8. The summed E-state index contributed by atoms with van der Waals surface area (Å²) in [7, 11) is 3.15. The van der Waals surface area contributed by atoms with E-state index in [9.17, 15) is 19.7 Å². The number of aromatic nitrogens is 5. The smallest absolute Gasteiger partial charge is 0.434 e. The van der Waals surface area contributed by atoms with Crippen LogP contribution in [0.25, 0.3) is 11.0 Å². The molecule has 1 amide bonds. The van der Waals surface area contributed by atoms with Gasteiger partial charge >= 0.3 is 17.7 Å². The van der Waals surface area contributed by atoms with Crippen LogP contribution in [0.5, 0.6) is 0 Å². The molecule has 0 unspecified atom stereocenters. The van der Waals surface area contributed by atoms with Crippen LogP contribution in [-0.4, -0.2) is 47.9 Å². The van der Waals surface area contributed by atoms with Crippen molar-refractivity contribution in [1.29, 1.82) is 0 Å². The normalized spacial score (nSPS) is 14.1. The van der Waals surface area contributed by atoms with Crippen LogP contribution >= 0.6 is 11.6 Å². The number of ether oxygens (including phenoxy) is 2. The summed E-state index contributed by atoms with van der Waals surface area (Å²) in [5, 5.41) is 11.6. The molecule has 5 rings (SSSR count). The Bertz CT molecular complexity index is 1640. The Hall–Kier alpha value is -4.23. The number of hydrogen-bond acceptors (Lipinski definition) is 8. The number of aryl methyl sites for hydroxylation is 2. The molecule has 1 fully saturated rings. The summed E-state index contributed by atoms with van der Waals surface area (Å²) in [6, 6.07) is 6.67. The van der Waals surface area contributed by atoms with Crippen LogP contribution in [0.2, 0.25) is 5.02 Å². The van der Waals surface area contributed by atoms with E-state index in [0.717, 1.165) is 0 Å². The first kappa shape index (κ1) is 26.4. The molecule has 1 aromatic carbocycles. The van der Waals surface area contributed by atoms with Crippen molar-refractivity contribution in [3.05, 3.63) is 73.5 Å². The van der Waals surface area contributed by atoms with E-state index in [1.165, 1.54) is 27.3 Å². The number of anilines is 2. The van der Waals surface area contributed by atoms with E-state index in [-0.39, 0.29) is 30.1 Å². The SMILES string of the molecule is Cc1cc(Cl)ccc1N(C(=O)OCc1cnc([N+](=O)[O-])n1C)c1cc2c(cn1)n(C)c(=O)n2C1CCOCC1. The monoisotopic (exact) mass is 555 g/mol. The number of hydrogen-bond donors (Lipinski definition) is 0. The highest BCUT2D eigenvalue weighted by molar-refractivity contribution is 6.30. The topological polar surface area (TPSA) is 140 Å². The second-order valence-electron chi connectivity index (χ2n) is 9.27. The minimum atomic E-state index is -0.771. The average molecular weight is 556 g/mol. The van der Waals surface area contributed by atoms with Crippen molar-refractivity contribution in [2.45, 2.75) is 32.4 Å². The highest BCUT2D eigenvalue weighted by atomic mass is 35.5. The molecule has 204 valence electrons. The minimum Gasteiger partial charge on any atom is -0.441 e. The van der Waals surface area contributed by atoms with Crippen molar-refractivity contribution in [2.24, 2.45) is 14.1 Å². The predicted octanol–water partition coefficient (Wildman–Crippen LogP) is 4.16. The zero-order valence-electron chi connectivity index (χ0n) is 21.5. The second-order valence-corrected chi connectivity index (χ2v) is 9.71. The number of carbonyl (C=O) groups excluding carboxylic acids is 1. The van der Waals surface area contributed by atoms with Crippen LogP contribution in [0.15, 0.2) is 41.5 Å². The molecular formula is C25H26ClN7O6. The number of carbonyl (C=O) groups is 1. The van der Waals surface area contributed by atoms with Crippen LogP contribution in [0.4, 0.5) is 22.2 Å². The molecule has 4 heterocycles. The van der Waals surface area contributed by atoms with Crippen molar-refractivity contribution < 1.29 is 19.2 Å². The fourth-order valence-corrected chi connectivity index (χ4v) is 5.01. The van der Waals surface area contributed by atoms with Crippen molar-refractivity contribution in [3.8, 4) is 0 Å². The lowest BCUT2D eigenvalue weighted by atomic mass is 10.1. The van der Waals surface area contributed by atoms with Gasteiger partial charge in [0.15, 0.2) is 12.3 Å². The first-order chi connectivity index (χ1) is 18.7. The van der Waals surface area contributed by atoms with E-state index in [0.29, 0.717) is 59.1 Å². The molecule has 1 aliphatic rings. The van der Waals surface area contributed by atoms with E-state index >= 15 is 0 Å². The first-order valence-corrected chi connectivity index (χ1v) is 12.6. The van der Waals surface area contributed by atoms with Gasteiger partial charge in [0.1, 0.15) is 12.0 Å². The molecule has 0 aliphatic carbocycles. The maximum atomic E-state index is 13.6. The zero-order valence-corrected chi connectivity index (χ0v) is 22.3. The summed E-state index contributed by atoms with van der Waals surface area (Å²) >= 11 is 6.17. The lowest BCUT2D eigenvalue weighted by molar-refractivity contribution is -0.396. The number of nitro groups is 1. The van der Waals surface area contributed by atoms with Crippen LogP contribution in [-0.2, 0) is 30.2 Å². The molecule has 3 aromatic heterocycles. The number of halogens is 1. The Morgan fingerprint density at radius 3 is 2.59 bits per heavy atom. The number of benzene rings is 1. The van der Waals surface area contributed by atoms with Crippen LogP contribution in [0, 0.1) is 17.0 Å². The van der Waals surface area contributed by atoms with Crippen molar-refractivity contribution in [2.75, 3.05) is 18.1 Å². The lowest BCUT2D eigenvalue weighted by Crippen LogP contribution is -2.30. The molecule has 0 atom stereocenters. The number of fused-ring (bicyclic) bond motifs is 1. The maximum absolute atomic E-state index is 13.6. The Morgan fingerprint density at radius 1 is 1.18 bits per heavy atom. The molecule has 0 radical (unpaired) electrons. The van der Waals surface area contributed by atoms with Gasteiger partial charge in [0.25, 0.3) is 0 Å². The van der Waals surface area contributed by atoms with Gasteiger partial charge in [-0.25, -0.2) is 24.0 Å². The summed E-state index contributed by atoms with van der Waals surface area (Å²) in [5.41, 5.74) is 2.58. The van der Waals surface area contributed by atoms with Gasteiger partial charge in [-0.15, -0.1) is 0 Å². The van der Waals surface area contributed by atoms with Gasteiger partial charge in [0.2, 0.25) is 0 Å². The summed E-state index contributed by atoms with van der Waals surface area (Å²) in [4.78, 5) is 46.9. The Labute approximate surface area is 227 Å². The standard InChI is InChI=1S/C25H26ClN7O6/c1-15-10-16(26)4-5-19(15)32(25(35)39-14-18-12-28-23(29(18)2)33(36)37)22-11-20-21(13-27-22)30(3)24(34)31(20)17-6-8-38-9-7-17/h4-5,10-13,17H,6-9,14H2,1-3H3. The fourth-order valence-electron chi connectivity index (χ4n) is 4.79. The van der Waals surface area contributed by atoms with E-state index in [2.05, 4.69) is 9.97 Å². The fraction of sp³-hybridized carbons (Fsp3) is 0.360. The molecule has 4 aromatic rings. The van der Waals surface area contributed by atoms with E-state index in [1.807, 2.05) is 0 Å². The second kappa shape index (κ2) is 10.5. The molecule has 0 N–H and O–H groups in total. The molecule has 39 heavy (non-hydrogen) atoms. The first-order valence-electron chi connectivity index (χ1n) is 12.2. The third-order valence-corrected chi connectivity index (χ3v) is 7.13. The average Bonchev–Trinajstić information content (AvgIpc) is 3.40. The Morgan fingerprint density at radius 2 is 1.92 bits per heavy atom. The molecule has 0 spiro atoms. The van der Waals surface area contributed by atoms with Gasteiger partial charge in [-0.1, -0.05) is 16.6 Å². The lowest BCUT2D eigenvalue weighted by Gasteiger charge is -2.25. The van der Waals surface area contributed by atoms with Crippen molar-refractivity contribution in [3.63, 3.8) is 0 Å². The highest BCUT2D eigenvalue weighted by Crippen LogP contribution is 2.33. The number of rotatable bonds is 6. The third-order valence-electron chi connectivity index (χ3n) is 6.90. The van der Waals surface area contributed by atoms with E-state index in [4.69, 9.17) is 21.1 Å². The van der Waals surface area contributed by atoms with E-state index in [1.54, 1.807) is 49.0 Å². The third kappa shape index (κ3) is 4.86. The quantitative estimate of drug-likeness (QED) is 0.255. The molecule has 14 heteroatoms. The molecule has 0 saturated carbocycles. The maximum Gasteiger partial charge on any atom is 0.434 e. The van der Waals surface area contributed by atoms with Gasteiger partial charge in [0.05, 0.1) is 30.0 Å². The minimum absolute atomic E-state index is 0.0523. The van der Waals surface area contributed by atoms with Gasteiger partial charge < -0.3 is 19.6 Å². The molecule has 1 aliphatic heterocycles. The summed E-state index contributed by atoms with van der Waals surface area (Å²) in [6.07, 6.45) is 3.44. The largest absolute Gasteiger partial charge is 0.441 e. The summed E-state index contributed by atoms with van der Waals surface area (Å²) < 4.78 is 15.6. The van der Waals surface area contributed by atoms with Gasteiger partial charge in [-0.05, 0) is 48.5 Å². The molecular weight excluding hydrogens is 530 g/mol. The van der Waals surface area contributed by atoms with Gasteiger partial charge in [-0.2, -0.15) is 0 Å². The molecule has 1 saturated heterocycles. The van der Waals surface area contributed by atoms with Crippen molar-refractivity contribution in [1.82, 2.24) is 23.7 Å². The Kier molecular flexibility index (Phi) is 7.10. The van der Waals surface area contributed by atoms with Crippen LogP contribution < -0.4 is 10.6 Å². The number of pyridine rings is 1. The van der Waals surface area contributed by atoms with Crippen LogP contribution in [0.3, 0.4) is 0 Å². The summed E-state index contributed by atoms with van der Waals surface area (Å²) in [6.45, 7) is 2.64. The number of imidazole rings is 2. The van der Waals surface area contributed by atoms with Gasteiger partial charge in [0, 0.05) is 37.4 Å².